The van der Waals surface area contributed by atoms with Crippen molar-refractivity contribution in [3.8, 4) is 0 Å². The van der Waals surface area contributed by atoms with Gasteiger partial charge < -0.3 is 26.8 Å². The van der Waals surface area contributed by atoms with Crippen LogP contribution in [-0.2, 0) is 19.1 Å². The van der Waals surface area contributed by atoms with Gasteiger partial charge in [-0.1, -0.05) is 13.8 Å². The molecule has 8 nitrogen and oxygen atoms in total. The number of carbonyl (C=O) groups excluding carboxylic acids is 3. The lowest BCUT2D eigenvalue weighted by Gasteiger charge is -2.26. The molecular formula is C22H44N4O4S. The fourth-order valence-corrected chi connectivity index (χ4v) is 3.57. The Labute approximate surface area is 192 Å². The maximum absolute atomic E-state index is 12.0. The Bertz CT molecular complexity index is 530. The zero-order chi connectivity index (χ0) is 23.7. The number of ether oxygens (including phenoxy) is 1. The van der Waals surface area contributed by atoms with E-state index in [0.29, 0.717) is 36.9 Å². The monoisotopic (exact) mass is 460 g/mol. The van der Waals surface area contributed by atoms with Gasteiger partial charge >= 0.3 is 0 Å². The lowest BCUT2D eigenvalue weighted by atomic mass is 10.0. The molecule has 0 bridgehead atoms. The average Bonchev–Trinajstić information content (AvgIpc) is 2.67. The molecule has 0 rings (SSSR count). The normalized spacial score (nSPS) is 12.6. The van der Waals surface area contributed by atoms with Crippen LogP contribution in [0.15, 0.2) is 0 Å². The summed E-state index contributed by atoms with van der Waals surface area (Å²) in [6.45, 7) is 10.4. The van der Waals surface area contributed by atoms with Crippen molar-refractivity contribution in [3.05, 3.63) is 0 Å². The second-order valence-corrected chi connectivity index (χ2v) is 9.96. The molecule has 0 aliphatic carbocycles. The smallest absolute Gasteiger partial charge is 0.239 e. The summed E-state index contributed by atoms with van der Waals surface area (Å²) in [5.74, 6) is 0.627. The SMILES string of the molecule is CC(C)CCOC(C)(C)CCCNC(=O)CSCCC(=O)NC(CCCCN)C(N)=O. The van der Waals surface area contributed by atoms with Crippen LogP contribution in [0.5, 0.6) is 0 Å². The molecule has 0 radical (unpaired) electrons. The molecule has 6 N–H and O–H groups in total. The van der Waals surface area contributed by atoms with Crippen molar-refractivity contribution < 1.29 is 19.1 Å². The van der Waals surface area contributed by atoms with Crippen LogP contribution in [0.25, 0.3) is 0 Å². The molecular weight excluding hydrogens is 416 g/mol. The van der Waals surface area contributed by atoms with E-state index in [-0.39, 0.29) is 23.8 Å². The predicted molar refractivity (Wildman–Crippen MR) is 128 cm³/mol. The lowest BCUT2D eigenvalue weighted by molar-refractivity contribution is -0.127. The first-order chi connectivity index (χ1) is 14.6. The molecule has 3 amide bonds. The molecule has 1 atom stereocenters. The lowest BCUT2D eigenvalue weighted by Crippen LogP contribution is -2.44. The van der Waals surface area contributed by atoms with Crippen molar-refractivity contribution in [1.29, 1.82) is 0 Å². The molecule has 0 saturated carbocycles. The third-order valence-electron chi connectivity index (χ3n) is 4.80. The van der Waals surface area contributed by atoms with Crippen LogP contribution in [0, 0.1) is 5.92 Å². The van der Waals surface area contributed by atoms with Gasteiger partial charge in [0, 0.05) is 25.3 Å². The minimum absolute atomic E-state index is 0.0410. The van der Waals surface area contributed by atoms with Gasteiger partial charge in [-0.25, -0.2) is 0 Å². The van der Waals surface area contributed by atoms with E-state index in [2.05, 4.69) is 38.3 Å². The van der Waals surface area contributed by atoms with E-state index in [0.717, 1.165) is 38.7 Å². The van der Waals surface area contributed by atoms with E-state index in [1.165, 1.54) is 11.8 Å². The molecule has 0 fully saturated rings. The van der Waals surface area contributed by atoms with Crippen LogP contribution in [0.1, 0.15) is 72.6 Å². The Morgan fingerprint density at radius 2 is 1.77 bits per heavy atom. The molecule has 182 valence electrons. The number of thioether (sulfide) groups is 1. The van der Waals surface area contributed by atoms with Crippen LogP contribution in [-0.4, -0.2) is 60.6 Å². The number of carbonyl (C=O) groups is 3. The van der Waals surface area contributed by atoms with Gasteiger partial charge in [-0.3, -0.25) is 14.4 Å². The molecule has 0 aliphatic rings. The molecule has 9 heteroatoms. The molecule has 0 aromatic rings. The summed E-state index contributed by atoms with van der Waals surface area (Å²) >= 11 is 1.39. The van der Waals surface area contributed by atoms with E-state index >= 15 is 0 Å². The first-order valence-electron chi connectivity index (χ1n) is 11.3. The number of unbranched alkanes of at least 4 members (excludes halogenated alkanes) is 1. The Hall–Kier alpha value is -1.32. The first-order valence-corrected chi connectivity index (χ1v) is 12.5. The van der Waals surface area contributed by atoms with E-state index in [1.54, 1.807) is 0 Å². The van der Waals surface area contributed by atoms with E-state index in [1.807, 2.05) is 0 Å². The molecule has 0 aromatic heterocycles. The van der Waals surface area contributed by atoms with Gasteiger partial charge in [-0.15, -0.1) is 0 Å². The fraction of sp³-hybridized carbons (Fsp3) is 0.864. The summed E-state index contributed by atoms with van der Waals surface area (Å²) in [5.41, 5.74) is 10.6. The number of nitrogens with one attached hydrogen (secondary N) is 2. The minimum atomic E-state index is -0.661. The largest absolute Gasteiger partial charge is 0.376 e. The van der Waals surface area contributed by atoms with E-state index in [4.69, 9.17) is 16.2 Å². The highest BCUT2D eigenvalue weighted by Crippen LogP contribution is 2.17. The van der Waals surface area contributed by atoms with Crippen molar-refractivity contribution >= 4 is 29.5 Å². The standard InChI is InChI=1S/C22H44N4O4S/c1-17(2)9-14-30-22(3,4)11-7-13-25-20(28)16-31-15-10-19(27)26-18(21(24)29)8-5-6-12-23/h17-18H,5-16,23H2,1-4H3,(H2,24,29)(H,25,28)(H,26,27). The Morgan fingerprint density at radius 1 is 1.06 bits per heavy atom. The van der Waals surface area contributed by atoms with Gasteiger partial charge in [0.25, 0.3) is 0 Å². The predicted octanol–water partition coefficient (Wildman–Crippen LogP) is 1.95. The van der Waals surface area contributed by atoms with Gasteiger partial charge in [-0.2, -0.15) is 11.8 Å². The molecule has 31 heavy (non-hydrogen) atoms. The third-order valence-corrected chi connectivity index (χ3v) is 5.76. The third kappa shape index (κ3) is 18.0. The van der Waals surface area contributed by atoms with Gasteiger partial charge in [0.05, 0.1) is 11.4 Å². The minimum Gasteiger partial charge on any atom is -0.376 e. The Balaban J connectivity index is 3.87. The number of nitrogens with two attached hydrogens (primary N) is 2. The Kier molecular flexibility index (Phi) is 16.5. The summed E-state index contributed by atoms with van der Waals surface area (Å²) in [6, 6.07) is -0.661. The van der Waals surface area contributed by atoms with Crippen molar-refractivity contribution in [2.75, 3.05) is 31.2 Å². The molecule has 0 heterocycles. The van der Waals surface area contributed by atoms with Gasteiger partial charge in [0.1, 0.15) is 6.04 Å². The molecule has 0 aromatic carbocycles. The molecule has 0 aliphatic heterocycles. The topological polar surface area (TPSA) is 137 Å². The van der Waals surface area contributed by atoms with Crippen LogP contribution in [0.2, 0.25) is 0 Å². The first kappa shape index (κ1) is 29.7. The zero-order valence-corrected chi connectivity index (χ0v) is 20.7. The summed E-state index contributed by atoms with van der Waals surface area (Å²) in [5, 5.41) is 5.57. The summed E-state index contributed by atoms with van der Waals surface area (Å²) in [4.78, 5) is 35.3. The summed E-state index contributed by atoms with van der Waals surface area (Å²) < 4.78 is 5.93. The highest BCUT2D eigenvalue weighted by atomic mass is 32.2. The van der Waals surface area contributed by atoms with Crippen molar-refractivity contribution in [2.45, 2.75) is 84.3 Å². The summed E-state index contributed by atoms with van der Waals surface area (Å²) in [6.07, 6.45) is 5.03. The molecule has 1 unspecified atom stereocenters. The molecule has 0 spiro atoms. The Morgan fingerprint density at radius 3 is 2.39 bits per heavy atom. The van der Waals surface area contributed by atoms with Gasteiger partial charge in [0.2, 0.25) is 17.7 Å². The van der Waals surface area contributed by atoms with E-state index in [9.17, 15) is 14.4 Å². The van der Waals surface area contributed by atoms with Crippen LogP contribution in [0.3, 0.4) is 0 Å². The fourth-order valence-electron chi connectivity index (χ4n) is 2.81. The number of hydrogen-bond donors (Lipinski definition) is 4. The van der Waals surface area contributed by atoms with Crippen LogP contribution >= 0.6 is 11.8 Å². The highest BCUT2D eigenvalue weighted by Gasteiger charge is 2.18. The van der Waals surface area contributed by atoms with Gasteiger partial charge in [0.15, 0.2) is 0 Å². The maximum Gasteiger partial charge on any atom is 0.239 e. The van der Waals surface area contributed by atoms with Crippen molar-refractivity contribution in [3.63, 3.8) is 0 Å². The van der Waals surface area contributed by atoms with Crippen molar-refractivity contribution in [1.82, 2.24) is 10.6 Å². The highest BCUT2D eigenvalue weighted by molar-refractivity contribution is 7.99. The number of primary amides is 1. The average molecular weight is 461 g/mol. The number of rotatable bonds is 19. The second-order valence-electron chi connectivity index (χ2n) is 8.85. The van der Waals surface area contributed by atoms with Gasteiger partial charge in [-0.05, 0) is 64.8 Å². The van der Waals surface area contributed by atoms with E-state index < -0.39 is 11.9 Å². The van der Waals surface area contributed by atoms with Crippen LogP contribution in [0.4, 0.5) is 0 Å². The molecule has 0 saturated heterocycles. The van der Waals surface area contributed by atoms with Crippen molar-refractivity contribution in [2.24, 2.45) is 17.4 Å². The van der Waals surface area contributed by atoms with Crippen LogP contribution < -0.4 is 22.1 Å². The second kappa shape index (κ2) is 17.3. The number of hydrogen-bond acceptors (Lipinski definition) is 6. The maximum atomic E-state index is 12.0. The summed E-state index contributed by atoms with van der Waals surface area (Å²) in [7, 11) is 0. The zero-order valence-electron chi connectivity index (χ0n) is 19.8. The quantitative estimate of drug-likeness (QED) is 0.217. The number of amides is 3.